The monoisotopic (exact) mass is 469 g/mol. The highest BCUT2D eigenvalue weighted by atomic mass is 32.2. The summed E-state index contributed by atoms with van der Waals surface area (Å²) in [5, 5.41) is 7.06. The van der Waals surface area contributed by atoms with Crippen LogP contribution in [0.25, 0.3) is 11.1 Å². The maximum atomic E-state index is 13.4. The van der Waals surface area contributed by atoms with Crippen molar-refractivity contribution in [1.29, 1.82) is 0 Å². The molecule has 0 saturated carbocycles. The van der Waals surface area contributed by atoms with Gasteiger partial charge in [0, 0.05) is 36.1 Å². The number of hydrogen-bond donors (Lipinski definition) is 1. The van der Waals surface area contributed by atoms with Gasteiger partial charge in [-0.2, -0.15) is 5.10 Å². The molecule has 2 atom stereocenters. The lowest BCUT2D eigenvalue weighted by Gasteiger charge is -2.15. The van der Waals surface area contributed by atoms with Crippen molar-refractivity contribution in [2.45, 2.75) is 30.9 Å². The third-order valence-corrected chi connectivity index (χ3v) is 7.14. The number of benzene rings is 1. The molecule has 5 rings (SSSR count). The zero-order chi connectivity index (χ0) is 23.2. The molecule has 4 heterocycles. The first-order valence-corrected chi connectivity index (χ1v) is 12.3. The van der Waals surface area contributed by atoms with Crippen LogP contribution in [0.15, 0.2) is 45.9 Å². The van der Waals surface area contributed by atoms with Crippen LogP contribution in [0.4, 0.5) is 10.5 Å². The summed E-state index contributed by atoms with van der Waals surface area (Å²) in [7, 11) is -1.55. The van der Waals surface area contributed by atoms with E-state index in [9.17, 15) is 9.00 Å². The Morgan fingerprint density at radius 2 is 2.21 bits per heavy atom. The molecule has 1 aromatic carbocycles. The van der Waals surface area contributed by atoms with Crippen LogP contribution >= 0.6 is 0 Å². The van der Waals surface area contributed by atoms with Crippen LogP contribution in [0.1, 0.15) is 12.5 Å². The first-order chi connectivity index (χ1) is 15.9. The van der Waals surface area contributed by atoms with Crippen LogP contribution in [-0.2, 0) is 22.7 Å². The number of pyridine rings is 1. The van der Waals surface area contributed by atoms with E-state index in [-0.39, 0.29) is 6.10 Å². The van der Waals surface area contributed by atoms with Gasteiger partial charge in [0.15, 0.2) is 0 Å². The Hall–Kier alpha value is -3.60. The number of rotatable bonds is 4. The van der Waals surface area contributed by atoms with Crippen LogP contribution in [0, 0.1) is 0 Å². The molecule has 2 unspecified atom stereocenters. The SMILES string of the molecule is COc1cc(-c2ccc3c(c2NC(=O)N=S(C)(=O)c2cnn4c2OC(C)C4)CCO3)ccn1. The molecule has 33 heavy (non-hydrogen) atoms. The molecule has 2 aliphatic heterocycles. The molecular weight excluding hydrogens is 446 g/mol. The van der Waals surface area contributed by atoms with E-state index in [0.29, 0.717) is 47.7 Å². The summed E-state index contributed by atoms with van der Waals surface area (Å²) in [6, 6.07) is 6.61. The quantitative estimate of drug-likeness (QED) is 0.623. The summed E-state index contributed by atoms with van der Waals surface area (Å²) in [4.78, 5) is 17.4. The van der Waals surface area contributed by atoms with Gasteiger partial charge in [-0.15, -0.1) is 4.36 Å². The summed E-state index contributed by atoms with van der Waals surface area (Å²) < 4.78 is 35.7. The maximum Gasteiger partial charge on any atom is 0.353 e. The third kappa shape index (κ3) is 3.88. The van der Waals surface area contributed by atoms with Crippen LogP contribution in [0.5, 0.6) is 17.5 Å². The highest BCUT2D eigenvalue weighted by molar-refractivity contribution is 7.93. The van der Waals surface area contributed by atoms with E-state index in [1.165, 1.54) is 12.5 Å². The number of methoxy groups -OCH3 is 1. The van der Waals surface area contributed by atoms with Gasteiger partial charge >= 0.3 is 6.03 Å². The van der Waals surface area contributed by atoms with Crippen LogP contribution < -0.4 is 19.5 Å². The molecule has 0 fully saturated rings. The summed E-state index contributed by atoms with van der Waals surface area (Å²) in [5.41, 5.74) is 2.99. The van der Waals surface area contributed by atoms with E-state index in [2.05, 4.69) is 19.8 Å². The van der Waals surface area contributed by atoms with Crippen LogP contribution in [0.2, 0.25) is 0 Å². The highest BCUT2D eigenvalue weighted by Gasteiger charge is 2.28. The van der Waals surface area contributed by atoms with Gasteiger partial charge < -0.3 is 19.5 Å². The Labute approximate surface area is 191 Å². The highest BCUT2D eigenvalue weighted by Crippen LogP contribution is 2.40. The number of nitrogens with zero attached hydrogens (tertiary/aromatic N) is 4. The number of nitrogens with one attached hydrogen (secondary N) is 1. The molecule has 0 spiro atoms. The second kappa shape index (κ2) is 8.07. The predicted octanol–water partition coefficient (Wildman–Crippen LogP) is 3.36. The van der Waals surface area contributed by atoms with Gasteiger partial charge in [-0.05, 0) is 30.7 Å². The lowest BCUT2D eigenvalue weighted by atomic mass is 9.99. The zero-order valence-electron chi connectivity index (χ0n) is 18.4. The van der Waals surface area contributed by atoms with Crippen LogP contribution in [0.3, 0.4) is 0 Å². The fourth-order valence-electron chi connectivity index (χ4n) is 4.02. The molecule has 0 bridgehead atoms. The minimum Gasteiger partial charge on any atom is -0.493 e. The van der Waals surface area contributed by atoms with Crippen molar-refractivity contribution >= 4 is 21.4 Å². The second-order valence-electron chi connectivity index (χ2n) is 7.90. The largest absolute Gasteiger partial charge is 0.493 e. The minimum atomic E-state index is -3.09. The molecule has 11 heteroatoms. The molecule has 10 nitrogen and oxygen atoms in total. The predicted molar refractivity (Wildman–Crippen MR) is 122 cm³/mol. The molecule has 2 amide bonds. The zero-order valence-corrected chi connectivity index (χ0v) is 19.2. The number of hydrogen-bond acceptors (Lipinski definition) is 7. The second-order valence-corrected chi connectivity index (χ2v) is 10.1. The van der Waals surface area contributed by atoms with Gasteiger partial charge in [0.05, 0.1) is 41.9 Å². The maximum absolute atomic E-state index is 13.4. The Kier molecular flexibility index (Phi) is 5.20. The topological polar surface area (TPSA) is 117 Å². The third-order valence-electron chi connectivity index (χ3n) is 5.53. The van der Waals surface area contributed by atoms with E-state index < -0.39 is 15.8 Å². The van der Waals surface area contributed by atoms with Gasteiger partial charge in [0.2, 0.25) is 11.8 Å². The fraction of sp³-hybridized carbons (Fsp3) is 0.318. The molecule has 0 aliphatic carbocycles. The summed E-state index contributed by atoms with van der Waals surface area (Å²) in [5.74, 6) is 1.54. The molecule has 2 aromatic heterocycles. The van der Waals surface area contributed by atoms with Crippen molar-refractivity contribution in [3.05, 3.63) is 42.2 Å². The molecule has 0 radical (unpaired) electrons. The fourth-order valence-corrected chi connectivity index (χ4v) is 5.20. The Balaban J connectivity index is 1.52. The van der Waals surface area contributed by atoms with Crippen molar-refractivity contribution in [3.63, 3.8) is 0 Å². The number of amides is 2. The first-order valence-electron chi connectivity index (χ1n) is 10.4. The summed E-state index contributed by atoms with van der Waals surface area (Å²) in [6.45, 7) is 2.97. The number of urea groups is 1. The lowest BCUT2D eigenvalue weighted by molar-refractivity contribution is 0.248. The van der Waals surface area contributed by atoms with Crippen LogP contribution in [-0.4, -0.2) is 51.1 Å². The van der Waals surface area contributed by atoms with Crippen molar-refractivity contribution < 1.29 is 23.2 Å². The number of carbonyl (C=O) groups excluding carboxylic acids is 1. The summed E-state index contributed by atoms with van der Waals surface area (Å²) >= 11 is 0. The van der Waals surface area contributed by atoms with Crippen molar-refractivity contribution in [3.8, 4) is 28.6 Å². The van der Waals surface area contributed by atoms with Crippen molar-refractivity contribution in [1.82, 2.24) is 14.8 Å². The van der Waals surface area contributed by atoms with Gasteiger partial charge in [-0.1, -0.05) is 0 Å². The van der Waals surface area contributed by atoms with E-state index in [0.717, 1.165) is 16.7 Å². The van der Waals surface area contributed by atoms with Gasteiger partial charge in [0.1, 0.15) is 16.7 Å². The number of carbonyl (C=O) groups is 1. The lowest BCUT2D eigenvalue weighted by Crippen LogP contribution is -2.13. The Morgan fingerprint density at radius 3 is 3.03 bits per heavy atom. The van der Waals surface area contributed by atoms with E-state index in [4.69, 9.17) is 14.2 Å². The number of ether oxygens (including phenoxy) is 3. The molecule has 172 valence electrons. The minimum absolute atomic E-state index is 0.0803. The molecule has 1 N–H and O–H groups in total. The number of anilines is 1. The van der Waals surface area contributed by atoms with E-state index >= 15 is 0 Å². The van der Waals surface area contributed by atoms with Crippen molar-refractivity contribution in [2.24, 2.45) is 4.36 Å². The Morgan fingerprint density at radius 1 is 1.36 bits per heavy atom. The average molecular weight is 470 g/mol. The first kappa shape index (κ1) is 21.3. The van der Waals surface area contributed by atoms with E-state index in [1.54, 1.807) is 24.1 Å². The van der Waals surface area contributed by atoms with Gasteiger partial charge in [0.25, 0.3) is 0 Å². The summed E-state index contributed by atoms with van der Waals surface area (Å²) in [6.07, 6.45) is 5.04. The standard InChI is InChI=1S/C22H23N5O5S/c1-13-12-27-21(32-13)18(11-24-27)33(3,29)26-22(28)25-20-15(4-5-17-16(20)7-9-31-17)14-6-8-23-19(10-14)30-2/h4-6,8,10-11,13H,7,9,12H2,1-3H3,(H,25,28). The Bertz CT molecular complexity index is 1380. The molecule has 0 saturated heterocycles. The number of fused-ring (bicyclic) bond motifs is 2. The van der Waals surface area contributed by atoms with Gasteiger partial charge in [-0.25, -0.2) is 18.7 Å². The number of aromatic nitrogens is 3. The molecule has 2 aliphatic rings. The molecule has 3 aromatic rings. The molecular formula is C22H23N5O5S. The van der Waals surface area contributed by atoms with Gasteiger partial charge in [-0.3, -0.25) is 0 Å². The normalized spacial score (nSPS) is 17.8. The smallest absolute Gasteiger partial charge is 0.353 e. The van der Waals surface area contributed by atoms with Crippen molar-refractivity contribution in [2.75, 3.05) is 25.3 Å². The average Bonchev–Trinajstić information content (AvgIpc) is 3.49. The van der Waals surface area contributed by atoms with E-state index in [1.807, 2.05) is 25.1 Å².